The number of furan rings is 1. The highest BCUT2D eigenvalue weighted by Crippen LogP contribution is 2.17. The fraction of sp³-hybridized carbons (Fsp3) is 0.160. The van der Waals surface area contributed by atoms with Gasteiger partial charge in [0.1, 0.15) is 5.82 Å². The van der Waals surface area contributed by atoms with Gasteiger partial charge in [0.2, 0.25) is 0 Å². The van der Waals surface area contributed by atoms with Crippen molar-refractivity contribution in [1.82, 2.24) is 20.2 Å². The molecule has 0 saturated heterocycles. The number of carbonyl (C=O) groups excluding carboxylic acids is 1. The Kier molecular flexibility index (Phi) is 6.84. The van der Waals surface area contributed by atoms with Crippen LogP contribution in [0.2, 0.25) is 0 Å². The molecule has 4 rings (SSSR count). The molecule has 0 aliphatic carbocycles. The molecular weight excluding hydrogens is 416 g/mol. The number of amides is 1. The van der Waals surface area contributed by atoms with E-state index in [0.717, 1.165) is 28.6 Å². The quantitative estimate of drug-likeness (QED) is 0.295. The number of hydrogen-bond donors (Lipinski definition) is 3. The van der Waals surface area contributed by atoms with Gasteiger partial charge in [-0.25, -0.2) is 4.98 Å². The highest BCUT2D eigenvalue weighted by molar-refractivity contribution is 6.02. The molecule has 0 aliphatic rings. The summed E-state index contributed by atoms with van der Waals surface area (Å²) in [6.07, 6.45) is 3.32. The molecule has 168 valence electrons. The molecule has 0 bridgehead atoms. The second-order valence-electron chi connectivity index (χ2n) is 7.50. The van der Waals surface area contributed by atoms with Crippen LogP contribution in [0, 0.1) is 0 Å². The highest BCUT2D eigenvalue weighted by atomic mass is 16.3. The van der Waals surface area contributed by atoms with Crippen LogP contribution in [0.25, 0.3) is 11.3 Å². The van der Waals surface area contributed by atoms with Crippen LogP contribution in [-0.2, 0) is 13.1 Å². The number of imidazole rings is 1. The largest absolute Gasteiger partial charge is 0.459 e. The van der Waals surface area contributed by atoms with Crippen molar-refractivity contribution in [3.63, 3.8) is 0 Å². The van der Waals surface area contributed by atoms with Crippen molar-refractivity contribution in [2.75, 3.05) is 19.4 Å². The third-order valence-electron chi connectivity index (χ3n) is 5.05. The first kappa shape index (κ1) is 21.9. The molecule has 0 fully saturated rings. The van der Waals surface area contributed by atoms with E-state index in [1.54, 1.807) is 19.2 Å². The number of hydrogen-bond acceptors (Lipinski definition) is 4. The Morgan fingerprint density at radius 1 is 1.12 bits per heavy atom. The number of nitrogens with zero attached hydrogens (tertiary/aromatic N) is 3. The van der Waals surface area contributed by atoms with E-state index in [1.165, 1.54) is 6.26 Å². The van der Waals surface area contributed by atoms with Crippen LogP contribution in [0.15, 0.2) is 88.6 Å². The number of aromatic amines is 1. The first-order chi connectivity index (χ1) is 16.1. The summed E-state index contributed by atoms with van der Waals surface area (Å²) < 4.78 is 5.14. The van der Waals surface area contributed by atoms with E-state index in [-0.39, 0.29) is 11.7 Å². The van der Waals surface area contributed by atoms with Gasteiger partial charge in [-0.3, -0.25) is 9.79 Å². The van der Waals surface area contributed by atoms with Crippen LogP contribution >= 0.6 is 0 Å². The molecule has 0 radical (unpaired) electrons. The van der Waals surface area contributed by atoms with E-state index in [9.17, 15) is 4.79 Å². The standard InChI is InChI=1S/C25H26N6O2/c1-26-25(31(2)17-23-27-16-21(30-23)19-9-4-3-5-10-19)28-15-18-8-6-11-20(14-18)29-24(32)22-12-7-13-33-22/h3-14,16H,15,17H2,1-2H3,(H,26,28)(H,27,30)(H,29,32). The van der Waals surface area contributed by atoms with Gasteiger partial charge < -0.3 is 24.9 Å². The molecule has 0 aliphatic heterocycles. The van der Waals surface area contributed by atoms with Crippen LogP contribution in [0.1, 0.15) is 21.9 Å². The number of guanidine groups is 1. The Hall–Kier alpha value is -4.33. The van der Waals surface area contributed by atoms with Crippen LogP contribution in [0.3, 0.4) is 0 Å². The number of aromatic nitrogens is 2. The van der Waals surface area contributed by atoms with Crippen LogP contribution in [0.4, 0.5) is 5.69 Å². The average Bonchev–Trinajstić information content (AvgIpc) is 3.53. The molecule has 2 aromatic heterocycles. The zero-order valence-corrected chi connectivity index (χ0v) is 18.6. The summed E-state index contributed by atoms with van der Waals surface area (Å²) in [5.74, 6) is 1.57. The molecule has 2 heterocycles. The maximum atomic E-state index is 12.2. The molecule has 8 nitrogen and oxygen atoms in total. The van der Waals surface area contributed by atoms with Gasteiger partial charge in [0.25, 0.3) is 5.91 Å². The van der Waals surface area contributed by atoms with Gasteiger partial charge in [0, 0.05) is 26.3 Å². The lowest BCUT2D eigenvalue weighted by atomic mass is 10.2. The second kappa shape index (κ2) is 10.3. The van der Waals surface area contributed by atoms with Gasteiger partial charge in [0.05, 0.1) is 24.7 Å². The number of benzene rings is 2. The predicted molar refractivity (Wildman–Crippen MR) is 129 cm³/mol. The lowest BCUT2D eigenvalue weighted by Crippen LogP contribution is -2.38. The zero-order valence-electron chi connectivity index (χ0n) is 18.6. The summed E-state index contributed by atoms with van der Waals surface area (Å²) >= 11 is 0. The van der Waals surface area contributed by atoms with E-state index in [4.69, 9.17) is 4.42 Å². The van der Waals surface area contributed by atoms with Crippen molar-refractivity contribution in [2.45, 2.75) is 13.1 Å². The monoisotopic (exact) mass is 442 g/mol. The molecule has 3 N–H and O–H groups in total. The predicted octanol–water partition coefficient (Wildman–Crippen LogP) is 4.13. The Morgan fingerprint density at radius 2 is 1.97 bits per heavy atom. The summed E-state index contributed by atoms with van der Waals surface area (Å²) in [5, 5.41) is 6.20. The Balaban J connectivity index is 1.34. The van der Waals surface area contributed by atoms with Crippen molar-refractivity contribution in [2.24, 2.45) is 4.99 Å². The lowest BCUT2D eigenvalue weighted by Gasteiger charge is -2.21. The van der Waals surface area contributed by atoms with E-state index in [1.807, 2.05) is 72.7 Å². The zero-order chi connectivity index (χ0) is 23.0. The summed E-state index contributed by atoms with van der Waals surface area (Å²) in [6.45, 7) is 1.13. The van der Waals surface area contributed by atoms with Gasteiger partial charge in [-0.05, 0) is 35.4 Å². The summed E-state index contributed by atoms with van der Waals surface area (Å²) in [4.78, 5) is 26.4. The normalized spacial score (nSPS) is 11.3. The number of anilines is 1. The third kappa shape index (κ3) is 5.68. The number of nitrogens with one attached hydrogen (secondary N) is 3. The Bertz CT molecular complexity index is 1210. The average molecular weight is 443 g/mol. The minimum absolute atomic E-state index is 0.272. The molecule has 0 spiro atoms. The first-order valence-corrected chi connectivity index (χ1v) is 10.6. The van der Waals surface area contributed by atoms with Crippen molar-refractivity contribution >= 4 is 17.6 Å². The van der Waals surface area contributed by atoms with Crippen LogP contribution in [-0.4, -0.2) is 40.8 Å². The smallest absolute Gasteiger partial charge is 0.291 e. The summed E-state index contributed by atoms with van der Waals surface area (Å²) in [6, 6.07) is 21.1. The SMILES string of the molecule is CN=C(NCc1cccc(NC(=O)c2ccco2)c1)N(C)Cc1ncc(-c2ccccc2)[nH]1. The topological polar surface area (TPSA) is 98.5 Å². The molecule has 1 amide bonds. The maximum Gasteiger partial charge on any atom is 0.291 e. The van der Waals surface area contributed by atoms with Crippen LogP contribution in [0.5, 0.6) is 0 Å². The molecule has 33 heavy (non-hydrogen) atoms. The van der Waals surface area contributed by atoms with E-state index >= 15 is 0 Å². The summed E-state index contributed by atoms with van der Waals surface area (Å²) in [7, 11) is 3.70. The lowest BCUT2D eigenvalue weighted by molar-refractivity contribution is 0.0996. The Labute approximate surface area is 192 Å². The molecular formula is C25H26N6O2. The van der Waals surface area contributed by atoms with E-state index in [2.05, 4.69) is 25.6 Å². The van der Waals surface area contributed by atoms with Gasteiger partial charge >= 0.3 is 0 Å². The molecule has 8 heteroatoms. The molecule has 0 saturated carbocycles. The number of H-pyrrole nitrogens is 1. The van der Waals surface area contributed by atoms with Crippen molar-refractivity contribution in [3.05, 3.63) is 96.3 Å². The fourth-order valence-corrected chi connectivity index (χ4v) is 3.43. The number of rotatable bonds is 7. The summed E-state index contributed by atoms with van der Waals surface area (Å²) in [5.41, 5.74) is 3.78. The molecule has 0 atom stereocenters. The van der Waals surface area contributed by atoms with Gasteiger partial charge in [-0.15, -0.1) is 0 Å². The van der Waals surface area contributed by atoms with E-state index in [0.29, 0.717) is 18.8 Å². The van der Waals surface area contributed by atoms with Crippen molar-refractivity contribution in [3.8, 4) is 11.3 Å². The third-order valence-corrected chi connectivity index (χ3v) is 5.05. The highest BCUT2D eigenvalue weighted by Gasteiger charge is 2.11. The van der Waals surface area contributed by atoms with Crippen LogP contribution < -0.4 is 10.6 Å². The van der Waals surface area contributed by atoms with Gasteiger partial charge in [0.15, 0.2) is 11.7 Å². The van der Waals surface area contributed by atoms with Gasteiger partial charge in [-0.2, -0.15) is 0 Å². The van der Waals surface area contributed by atoms with Gasteiger partial charge in [-0.1, -0.05) is 42.5 Å². The minimum atomic E-state index is -0.283. The second-order valence-corrected chi connectivity index (χ2v) is 7.50. The fourth-order valence-electron chi connectivity index (χ4n) is 3.43. The van der Waals surface area contributed by atoms with E-state index < -0.39 is 0 Å². The molecule has 2 aromatic carbocycles. The molecule has 4 aromatic rings. The van der Waals surface area contributed by atoms with Crippen molar-refractivity contribution < 1.29 is 9.21 Å². The Morgan fingerprint density at radius 3 is 2.73 bits per heavy atom. The maximum absolute atomic E-state index is 12.2. The molecule has 0 unspecified atom stereocenters. The number of carbonyl (C=O) groups is 1. The van der Waals surface area contributed by atoms with Crippen molar-refractivity contribution in [1.29, 1.82) is 0 Å². The number of aliphatic imine (C=N–C) groups is 1. The minimum Gasteiger partial charge on any atom is -0.459 e. The first-order valence-electron chi connectivity index (χ1n) is 10.6.